The highest BCUT2D eigenvalue weighted by atomic mass is 32.2. The van der Waals surface area contributed by atoms with Crippen LogP contribution in [-0.4, -0.2) is 379 Å². The number of hydrogen-bond donors (Lipinski definition) is 23. The Labute approximate surface area is 849 Å². The number of aliphatic carboxylic acids is 1. The van der Waals surface area contributed by atoms with Gasteiger partial charge in [-0.1, -0.05) is 67.1 Å². The summed E-state index contributed by atoms with van der Waals surface area (Å²) in [5.41, 5.74) is 17.7. The molecule has 0 aliphatic carbocycles. The molecule has 804 valence electrons. The van der Waals surface area contributed by atoms with Gasteiger partial charge in [0, 0.05) is 114 Å². The van der Waals surface area contributed by atoms with Gasteiger partial charge in [0.05, 0.1) is 82.8 Å². The predicted octanol–water partition coefficient (Wildman–Crippen LogP) is -6.45. The summed E-state index contributed by atoms with van der Waals surface area (Å²) in [7, 11) is 1.52. The van der Waals surface area contributed by atoms with Gasteiger partial charge in [0.15, 0.2) is 11.7 Å². The van der Waals surface area contributed by atoms with Gasteiger partial charge in [0.2, 0.25) is 94.5 Å². The first-order chi connectivity index (χ1) is 69.4. The number of aliphatic hydroxyl groups excluding tert-OH is 2. The van der Waals surface area contributed by atoms with E-state index in [4.69, 9.17) is 41.3 Å². The molecule has 26 N–H and O–H groups in total. The quantitative estimate of drug-likeness (QED) is 0.0108. The predicted molar refractivity (Wildman–Crippen MR) is 531 cm³/mol. The number of aliphatic imine (C=N–C) groups is 1. The van der Waals surface area contributed by atoms with Gasteiger partial charge >= 0.3 is 12.0 Å². The Hall–Kier alpha value is -12.7. The fourth-order valence-electron chi connectivity index (χ4n) is 15.8. The zero-order valence-corrected chi connectivity index (χ0v) is 84.3. The molecular formula is C93H144N24O26S2. The summed E-state index contributed by atoms with van der Waals surface area (Å²) in [6.07, 6.45) is 6.66. The number of rotatable bonds is 67. The van der Waals surface area contributed by atoms with Crippen molar-refractivity contribution in [3.63, 3.8) is 0 Å². The molecule has 52 heteroatoms. The second-order valence-electron chi connectivity index (χ2n) is 35.0. The van der Waals surface area contributed by atoms with E-state index in [9.17, 15) is 101 Å². The Kier molecular flexibility index (Phi) is 55.3. The molecule has 4 saturated heterocycles. The van der Waals surface area contributed by atoms with Crippen molar-refractivity contribution in [1.82, 2.24) is 105 Å². The van der Waals surface area contributed by atoms with Crippen molar-refractivity contribution < 1.29 is 125 Å². The first-order valence-corrected chi connectivity index (χ1v) is 50.8. The zero-order chi connectivity index (χ0) is 106. The van der Waals surface area contributed by atoms with E-state index in [0.29, 0.717) is 60.2 Å². The third-order valence-corrected chi connectivity index (χ3v) is 25.8. The molecule has 0 bridgehead atoms. The third-order valence-electron chi connectivity index (χ3n) is 23.6. The van der Waals surface area contributed by atoms with Gasteiger partial charge in [-0.15, -0.1) is 0 Å². The van der Waals surface area contributed by atoms with E-state index < -0.39 is 174 Å². The van der Waals surface area contributed by atoms with E-state index >= 15 is 0 Å². The van der Waals surface area contributed by atoms with Gasteiger partial charge in [-0.3, -0.25) is 91.3 Å². The molecule has 4 aliphatic rings. The number of urea groups is 1. The van der Waals surface area contributed by atoms with Crippen LogP contribution in [0.1, 0.15) is 141 Å². The number of guanidine groups is 1. The Morgan fingerprint density at radius 3 is 1.59 bits per heavy atom. The van der Waals surface area contributed by atoms with Crippen LogP contribution in [0.2, 0.25) is 0 Å². The highest BCUT2D eigenvalue weighted by Gasteiger charge is 2.46. The molecular weight excluding hydrogens is 1930 g/mol. The topological polar surface area (TPSA) is 740 Å². The number of nitrogens with zero attached hydrogens (tertiary/aromatic N) is 4. The lowest BCUT2D eigenvalue weighted by atomic mass is 10.0. The fourth-order valence-corrected chi connectivity index (χ4v) is 17.8. The number of ether oxygens (including phenoxy) is 4. The van der Waals surface area contributed by atoms with Crippen molar-refractivity contribution in [2.24, 2.45) is 22.2 Å². The largest absolute Gasteiger partial charge is 0.481 e. The minimum absolute atomic E-state index is 0.00613. The number of likely N-dealkylation sites (N-methyl/N-ethyl adjacent to an activating group) is 1. The summed E-state index contributed by atoms with van der Waals surface area (Å²) in [5.74, 6) is -10.5. The lowest BCUT2D eigenvalue weighted by molar-refractivity contribution is -0.145. The van der Waals surface area contributed by atoms with E-state index in [1.807, 2.05) is 11.8 Å². The first-order valence-electron chi connectivity index (χ1n) is 48.3. The Bertz CT molecular complexity index is 4730. The molecule has 50 nitrogen and oxygen atoms in total. The molecule has 2 aromatic carbocycles. The highest BCUT2D eigenvalue weighted by molar-refractivity contribution is 8.00. The number of nitrogens with one attached hydrogen (secondary N) is 17. The number of carboxylic acid groups (broad SMARTS) is 1. The molecule has 5 heterocycles. The Morgan fingerprint density at radius 2 is 1.05 bits per heavy atom. The number of unbranched alkanes of at least 4 members (excludes halogenated alkanes) is 1. The van der Waals surface area contributed by atoms with Crippen molar-refractivity contribution in [3.05, 3.63) is 90.0 Å². The first kappa shape index (κ1) is 121. The number of amides is 18. The maximum Gasteiger partial charge on any atom is 0.315 e. The summed E-state index contributed by atoms with van der Waals surface area (Å²) in [4.78, 5) is 260. The number of carbonyl (C=O) groups is 19. The van der Waals surface area contributed by atoms with Crippen molar-refractivity contribution in [2.45, 2.75) is 239 Å². The SMILES string of the molecule is CN[C@@H](CCC(=O)O)C(=O)N[C@@H](CCCN=C(N)N)C(=O)NCCNC(=O)COCCOCCNC(=O)COCCOCCNC(=O)CCCC[C@@H]1SC[C@@H]2NC(=O)N[C@@H]21.CSCC[C@H](NC(C)=O)C(=O)N[C@@H](CCC(N)=O)C(=O)N[C@@H](CO)C(=O)N1CCC[C@H]1C(=O)N[C@@H](Cc1ccccc1)C(=O)N[C@H](C(=O)N1CCC[C@H]1C(=O)N[C@@H](Cc1cnc[nH]1)C(=O)N[C@@H](Cc1ccccc1)C(=O)N[C@@H](C)C(C)=O)C(C)O. The summed E-state index contributed by atoms with van der Waals surface area (Å²) >= 11 is 3.28. The van der Waals surface area contributed by atoms with E-state index in [0.717, 1.165) is 29.9 Å². The Morgan fingerprint density at radius 1 is 0.545 bits per heavy atom. The van der Waals surface area contributed by atoms with Crippen LogP contribution in [0.5, 0.6) is 0 Å². The number of benzene rings is 2. The molecule has 18 amide bonds. The number of aliphatic hydroxyl groups is 2. The van der Waals surface area contributed by atoms with Crippen LogP contribution >= 0.6 is 23.5 Å². The second-order valence-corrected chi connectivity index (χ2v) is 37.2. The number of likely N-dealkylation sites (tertiary alicyclic amines) is 2. The van der Waals surface area contributed by atoms with Gasteiger partial charge in [-0.25, -0.2) is 9.78 Å². The molecule has 4 aliphatic heterocycles. The molecule has 0 radical (unpaired) electrons. The standard InChI is InChI=1S/C57H79N13O14S.C36H65N11O12S/c1-32(33(2)72)61-51(78)41(26-36-14-8-6-9-15-36)64-52(79)43(28-38-29-59-31-60-38)66-55(82)46-19-13-24-70(46)57(84)48(34(3)73)68-53(80)42(27-37-16-10-7-11-17-37)65-54(81)45-18-12-23-69(45)56(83)44(30-71)67-49(76)39(20-21-47(58)75)63-50(77)40(22-25-85-5)62-35(4)74;1-39-24(8-9-31(51)52)34(54)45-25(5-4-10-44-35(37)38)33(53)43-12-11-40-29(49)21-58-19-18-57-16-14-42-30(50)22-59-20-17-56-15-13-41-28(48)7-3-2-6-27-32-26(23-60-27)46-36(55)47-32/h6-11,14-17,29,31-32,34,39-46,48,71,73H,12-13,18-28,30H2,1-5H3,(H2,58,75)(H,59,60)(H,61,78)(H,62,74)(H,63,77)(H,64,79)(H,65,81)(H,66,82)(H,67,76)(H,68,80);24-27,32,39H,2-23H2,1H3,(H,40,49)(H,41,48)(H,42,50)(H,43,53)(H,45,54)(H,51,52)(H4,37,38,44)(H2,46,47,55)/t32-,34?,39-,40-,41-,42-,43-,44-,45-,46-,48-;24-,25-,26-,27-,32-/m00/s1. The van der Waals surface area contributed by atoms with E-state index in [1.54, 1.807) is 66.9 Å². The number of H-pyrrole nitrogens is 1. The van der Waals surface area contributed by atoms with Gasteiger partial charge < -0.3 is 151 Å². The van der Waals surface area contributed by atoms with Crippen LogP contribution < -0.4 is 102 Å². The van der Waals surface area contributed by atoms with Crippen LogP contribution in [0.15, 0.2) is 78.2 Å². The van der Waals surface area contributed by atoms with E-state index in [-0.39, 0.29) is 204 Å². The number of nitrogens with two attached hydrogens (primary N) is 3. The van der Waals surface area contributed by atoms with Crippen LogP contribution in [0, 0.1) is 0 Å². The van der Waals surface area contributed by atoms with Gasteiger partial charge in [0.25, 0.3) is 0 Å². The van der Waals surface area contributed by atoms with E-state index in [1.165, 1.54) is 63.9 Å². The molecule has 0 saturated carbocycles. The van der Waals surface area contributed by atoms with Crippen LogP contribution in [-0.2, 0) is 125 Å². The molecule has 16 atom stereocenters. The molecule has 1 aromatic heterocycles. The average Bonchev–Trinajstić information content (AvgIpc) is 1.70. The smallest absolute Gasteiger partial charge is 0.315 e. The highest BCUT2D eigenvalue weighted by Crippen LogP contribution is 2.33. The number of carboxylic acids is 1. The number of fused-ring (bicyclic) bond motifs is 1. The summed E-state index contributed by atoms with van der Waals surface area (Å²) < 4.78 is 21.4. The number of primary amides is 1. The minimum Gasteiger partial charge on any atom is -0.481 e. The summed E-state index contributed by atoms with van der Waals surface area (Å²) in [5, 5.41) is 73.8. The molecule has 7 rings (SSSR count). The zero-order valence-electron chi connectivity index (χ0n) is 82.7. The number of carbonyl (C=O) groups excluding carboxylic acids is 18. The van der Waals surface area contributed by atoms with Crippen LogP contribution in [0.4, 0.5) is 4.79 Å². The molecule has 0 spiro atoms. The van der Waals surface area contributed by atoms with Gasteiger partial charge in [0.1, 0.15) is 73.6 Å². The van der Waals surface area contributed by atoms with Crippen molar-refractivity contribution in [3.8, 4) is 0 Å². The summed E-state index contributed by atoms with van der Waals surface area (Å²) in [6, 6.07) is 2.73. The minimum atomic E-state index is -1.68. The van der Waals surface area contributed by atoms with E-state index in [2.05, 4.69) is 100 Å². The monoisotopic (exact) mass is 2080 g/mol. The third kappa shape index (κ3) is 45.2. The molecule has 3 aromatic rings. The fraction of sp³-hybridized carbons (Fsp3) is 0.624. The van der Waals surface area contributed by atoms with Crippen LogP contribution in [0.25, 0.3) is 0 Å². The number of imidazole rings is 1. The number of hydrogen-bond acceptors (Lipinski definition) is 30. The maximum absolute atomic E-state index is 14.6. The maximum atomic E-state index is 14.6. The molecule has 4 fully saturated rings. The normalized spacial score (nSPS) is 17.8. The van der Waals surface area contributed by atoms with Crippen molar-refractivity contribution >= 4 is 142 Å². The van der Waals surface area contributed by atoms with Crippen LogP contribution in [0.3, 0.4) is 0 Å². The number of Topliss-reactive ketones (excluding diaryl/α,β-unsaturated/α-hetero) is 1. The van der Waals surface area contributed by atoms with Crippen molar-refractivity contribution in [1.29, 1.82) is 0 Å². The summed E-state index contributed by atoms with van der Waals surface area (Å²) in [6.45, 7) is 6.35. The Balaban J connectivity index is 0.000000472. The number of aromatic amines is 1. The lowest BCUT2D eigenvalue weighted by Gasteiger charge is -2.32. The number of aromatic nitrogens is 2. The molecule has 1 unspecified atom stereocenters. The second kappa shape index (κ2) is 66.3. The van der Waals surface area contributed by atoms with Crippen molar-refractivity contribution in [2.75, 3.05) is 130 Å². The van der Waals surface area contributed by atoms with Gasteiger partial charge in [-0.2, -0.15) is 23.5 Å². The van der Waals surface area contributed by atoms with Gasteiger partial charge in [-0.05, 0) is 122 Å². The number of ketones is 1. The average molecular weight is 2080 g/mol. The molecule has 145 heavy (non-hydrogen) atoms. The lowest BCUT2D eigenvalue weighted by Crippen LogP contribution is -2.62. The number of thioether (sulfide) groups is 2.